The molecular formula is C18H23N5O. The number of oxime groups is 1. The second-order valence-corrected chi connectivity index (χ2v) is 5.40. The van der Waals surface area contributed by atoms with Crippen LogP contribution in [0.3, 0.4) is 0 Å². The van der Waals surface area contributed by atoms with Gasteiger partial charge in [-0.15, -0.1) is 0 Å². The van der Waals surface area contributed by atoms with Crippen molar-refractivity contribution in [2.45, 2.75) is 27.2 Å². The van der Waals surface area contributed by atoms with Crippen LogP contribution in [0, 0.1) is 0 Å². The van der Waals surface area contributed by atoms with E-state index in [4.69, 9.17) is 10.6 Å². The number of anilines is 3. The summed E-state index contributed by atoms with van der Waals surface area (Å²) < 4.78 is 0. The summed E-state index contributed by atoms with van der Waals surface area (Å²) in [6.45, 7) is 6.45. The molecular weight excluding hydrogens is 302 g/mol. The van der Waals surface area contributed by atoms with Gasteiger partial charge in [0.05, 0.1) is 11.8 Å². The van der Waals surface area contributed by atoms with Crippen LogP contribution in [0.15, 0.2) is 41.3 Å². The quantitative estimate of drug-likeness (QED) is 0.619. The monoisotopic (exact) mass is 325 g/mol. The average molecular weight is 325 g/mol. The lowest BCUT2D eigenvalue weighted by Gasteiger charge is -2.12. The first-order chi connectivity index (χ1) is 11.6. The molecule has 0 saturated carbocycles. The van der Waals surface area contributed by atoms with Crippen molar-refractivity contribution in [3.8, 4) is 0 Å². The van der Waals surface area contributed by atoms with Crippen LogP contribution in [0.2, 0.25) is 0 Å². The zero-order valence-electron chi connectivity index (χ0n) is 14.5. The molecule has 0 atom stereocenters. The normalized spacial score (nSPS) is 12.2. The molecule has 0 aliphatic heterocycles. The molecule has 0 bridgehead atoms. The summed E-state index contributed by atoms with van der Waals surface area (Å²) in [6.07, 6.45) is 3.94. The number of nitrogens with zero attached hydrogens (tertiary/aromatic N) is 3. The smallest absolute Gasteiger partial charge is 0.144 e. The van der Waals surface area contributed by atoms with E-state index in [9.17, 15) is 0 Å². The summed E-state index contributed by atoms with van der Waals surface area (Å²) in [5.74, 6) is 0.914. The molecule has 1 aromatic carbocycles. The molecule has 0 saturated heterocycles. The maximum atomic E-state index is 5.91. The van der Waals surface area contributed by atoms with E-state index in [2.05, 4.69) is 53.3 Å². The SMILES string of the molecule is CCC(C)=C(C)c1cccc(Nc2ncnc(N)c2/C=N/OC)c1. The lowest BCUT2D eigenvalue weighted by Crippen LogP contribution is -2.05. The Bertz CT molecular complexity index is 768. The first kappa shape index (κ1) is 17.5. The molecule has 24 heavy (non-hydrogen) atoms. The van der Waals surface area contributed by atoms with E-state index in [1.54, 1.807) is 0 Å². The van der Waals surface area contributed by atoms with Gasteiger partial charge in [-0.2, -0.15) is 0 Å². The largest absolute Gasteiger partial charge is 0.399 e. The molecule has 2 rings (SSSR count). The molecule has 0 radical (unpaired) electrons. The third-order valence-electron chi connectivity index (χ3n) is 3.93. The maximum Gasteiger partial charge on any atom is 0.144 e. The first-order valence-electron chi connectivity index (χ1n) is 7.77. The Kier molecular flexibility index (Phi) is 5.89. The van der Waals surface area contributed by atoms with Gasteiger partial charge in [-0.05, 0) is 43.5 Å². The lowest BCUT2D eigenvalue weighted by atomic mass is 10.0. The van der Waals surface area contributed by atoms with Crippen molar-refractivity contribution >= 4 is 29.1 Å². The molecule has 126 valence electrons. The summed E-state index contributed by atoms with van der Waals surface area (Å²) in [5.41, 5.74) is 11.2. The molecule has 0 unspecified atom stereocenters. The molecule has 6 heteroatoms. The number of allylic oxidation sites excluding steroid dienone is 2. The van der Waals surface area contributed by atoms with Crippen molar-refractivity contribution in [2.75, 3.05) is 18.2 Å². The standard InChI is InChI=1S/C18H23N5O/c1-5-12(2)13(3)14-7-6-8-15(9-14)23-18-16(10-22-24-4)17(19)20-11-21-18/h6-11H,5H2,1-4H3,(H3,19,20,21,23)/b13-12?,22-10+. The van der Waals surface area contributed by atoms with Crippen LogP contribution in [-0.2, 0) is 4.84 Å². The van der Waals surface area contributed by atoms with Crippen molar-refractivity contribution in [1.29, 1.82) is 0 Å². The van der Waals surface area contributed by atoms with E-state index < -0.39 is 0 Å². The Morgan fingerprint density at radius 3 is 2.83 bits per heavy atom. The molecule has 0 aliphatic rings. The van der Waals surface area contributed by atoms with Crippen LogP contribution < -0.4 is 11.1 Å². The average Bonchev–Trinajstić information content (AvgIpc) is 2.60. The van der Waals surface area contributed by atoms with Gasteiger partial charge in [0.1, 0.15) is 25.1 Å². The molecule has 2 aromatic rings. The van der Waals surface area contributed by atoms with Gasteiger partial charge in [0.25, 0.3) is 0 Å². The number of benzene rings is 1. The molecule has 0 aliphatic carbocycles. The Balaban J connectivity index is 2.36. The highest BCUT2D eigenvalue weighted by molar-refractivity contribution is 5.92. The van der Waals surface area contributed by atoms with E-state index in [1.807, 2.05) is 12.1 Å². The van der Waals surface area contributed by atoms with E-state index in [0.29, 0.717) is 17.2 Å². The van der Waals surface area contributed by atoms with Gasteiger partial charge in [-0.1, -0.05) is 29.8 Å². The highest BCUT2D eigenvalue weighted by Gasteiger charge is 2.09. The Hall–Kier alpha value is -2.89. The summed E-state index contributed by atoms with van der Waals surface area (Å²) in [6, 6.07) is 8.18. The minimum absolute atomic E-state index is 0.336. The second-order valence-electron chi connectivity index (χ2n) is 5.40. The van der Waals surface area contributed by atoms with Crippen LogP contribution in [0.4, 0.5) is 17.3 Å². The Morgan fingerprint density at radius 1 is 1.33 bits per heavy atom. The van der Waals surface area contributed by atoms with Crippen LogP contribution in [0.5, 0.6) is 0 Å². The van der Waals surface area contributed by atoms with E-state index in [0.717, 1.165) is 12.1 Å². The molecule has 3 N–H and O–H groups in total. The highest BCUT2D eigenvalue weighted by atomic mass is 16.6. The van der Waals surface area contributed by atoms with Gasteiger partial charge in [0.15, 0.2) is 0 Å². The van der Waals surface area contributed by atoms with Crippen molar-refractivity contribution in [1.82, 2.24) is 9.97 Å². The third-order valence-corrected chi connectivity index (χ3v) is 3.93. The third kappa shape index (κ3) is 4.10. The van der Waals surface area contributed by atoms with Gasteiger partial charge >= 0.3 is 0 Å². The molecule has 0 amide bonds. The van der Waals surface area contributed by atoms with Gasteiger partial charge in [-0.25, -0.2) is 9.97 Å². The fraction of sp³-hybridized carbons (Fsp3) is 0.278. The summed E-state index contributed by atoms with van der Waals surface area (Å²) >= 11 is 0. The summed E-state index contributed by atoms with van der Waals surface area (Å²) in [7, 11) is 1.47. The van der Waals surface area contributed by atoms with Gasteiger partial charge in [-0.3, -0.25) is 0 Å². The fourth-order valence-electron chi connectivity index (χ4n) is 2.22. The van der Waals surface area contributed by atoms with E-state index >= 15 is 0 Å². The van der Waals surface area contributed by atoms with Crippen LogP contribution >= 0.6 is 0 Å². The van der Waals surface area contributed by atoms with Gasteiger partial charge < -0.3 is 15.9 Å². The topological polar surface area (TPSA) is 85.4 Å². The predicted molar refractivity (Wildman–Crippen MR) is 99.3 cm³/mol. The molecule has 0 spiro atoms. The van der Waals surface area contributed by atoms with Gasteiger partial charge in [0.2, 0.25) is 0 Å². The zero-order valence-corrected chi connectivity index (χ0v) is 14.5. The van der Waals surface area contributed by atoms with E-state index in [1.165, 1.54) is 36.4 Å². The molecule has 0 fully saturated rings. The number of nitrogens with one attached hydrogen (secondary N) is 1. The fourth-order valence-corrected chi connectivity index (χ4v) is 2.22. The molecule has 1 heterocycles. The number of nitrogens with two attached hydrogens (primary N) is 1. The van der Waals surface area contributed by atoms with E-state index in [-0.39, 0.29) is 0 Å². The van der Waals surface area contributed by atoms with Crippen LogP contribution in [0.1, 0.15) is 38.3 Å². The first-order valence-corrected chi connectivity index (χ1v) is 7.77. The molecule has 6 nitrogen and oxygen atoms in total. The Morgan fingerprint density at radius 2 is 2.12 bits per heavy atom. The van der Waals surface area contributed by atoms with Crippen molar-refractivity contribution in [2.24, 2.45) is 5.16 Å². The number of hydrogen-bond acceptors (Lipinski definition) is 6. The van der Waals surface area contributed by atoms with Gasteiger partial charge in [0, 0.05) is 5.69 Å². The Labute approximate surface area is 142 Å². The minimum atomic E-state index is 0.336. The minimum Gasteiger partial charge on any atom is -0.399 e. The van der Waals surface area contributed by atoms with Crippen molar-refractivity contribution < 1.29 is 4.84 Å². The predicted octanol–water partition coefficient (Wildman–Crippen LogP) is 3.99. The summed E-state index contributed by atoms with van der Waals surface area (Å²) in [4.78, 5) is 13.0. The second kappa shape index (κ2) is 8.10. The maximum absolute atomic E-state index is 5.91. The zero-order chi connectivity index (χ0) is 17.5. The van der Waals surface area contributed by atoms with Crippen LogP contribution in [0.25, 0.3) is 5.57 Å². The number of nitrogen functional groups attached to an aromatic ring is 1. The van der Waals surface area contributed by atoms with Crippen molar-refractivity contribution in [3.05, 3.63) is 47.3 Å². The molecule has 1 aromatic heterocycles. The van der Waals surface area contributed by atoms with Crippen LogP contribution in [-0.4, -0.2) is 23.3 Å². The highest BCUT2D eigenvalue weighted by Crippen LogP contribution is 2.25. The number of hydrogen-bond donors (Lipinski definition) is 2. The number of rotatable bonds is 6. The summed E-state index contributed by atoms with van der Waals surface area (Å²) in [5, 5.41) is 7.03. The number of aromatic nitrogens is 2. The van der Waals surface area contributed by atoms with Crippen molar-refractivity contribution in [3.63, 3.8) is 0 Å². The lowest BCUT2D eigenvalue weighted by molar-refractivity contribution is 0.215.